The molecule has 6 aliphatic rings. The van der Waals surface area contributed by atoms with Gasteiger partial charge in [-0.2, -0.15) is 0 Å². The van der Waals surface area contributed by atoms with Crippen LogP contribution in [0, 0.1) is 40.9 Å². The summed E-state index contributed by atoms with van der Waals surface area (Å²) in [5.74, 6) is 4.43. The van der Waals surface area contributed by atoms with E-state index in [4.69, 9.17) is 9.47 Å². The fourth-order valence-corrected chi connectivity index (χ4v) is 7.92. The highest BCUT2D eigenvalue weighted by atomic mass is 16.7. The molecule has 0 aromatic rings. The third-order valence-corrected chi connectivity index (χ3v) is 8.99. The van der Waals surface area contributed by atoms with Crippen LogP contribution in [0.4, 0.5) is 0 Å². The molecule has 8 atom stereocenters. The number of allylic oxidation sites excluding steroid dienone is 1. The van der Waals surface area contributed by atoms with Gasteiger partial charge in [-0.15, -0.1) is 0 Å². The zero-order valence-corrected chi connectivity index (χ0v) is 14.7. The summed E-state index contributed by atoms with van der Waals surface area (Å²) < 4.78 is 12.0. The highest BCUT2D eigenvalue weighted by molar-refractivity contribution is 5.24. The van der Waals surface area contributed by atoms with Crippen LogP contribution in [0.2, 0.25) is 0 Å². The van der Waals surface area contributed by atoms with Gasteiger partial charge < -0.3 is 14.6 Å². The van der Waals surface area contributed by atoms with Crippen LogP contribution in [-0.2, 0) is 9.47 Å². The zero-order valence-electron chi connectivity index (χ0n) is 14.7. The molecule has 6 rings (SSSR count). The molecule has 0 bridgehead atoms. The van der Waals surface area contributed by atoms with Crippen LogP contribution in [0.5, 0.6) is 0 Å². The summed E-state index contributed by atoms with van der Waals surface area (Å²) in [4.78, 5) is 0. The Morgan fingerprint density at radius 1 is 1.04 bits per heavy atom. The van der Waals surface area contributed by atoms with Gasteiger partial charge >= 0.3 is 0 Å². The lowest BCUT2D eigenvalue weighted by atomic mass is 9.51. The van der Waals surface area contributed by atoms with Crippen molar-refractivity contribution in [2.75, 3.05) is 13.2 Å². The van der Waals surface area contributed by atoms with Crippen LogP contribution in [0.3, 0.4) is 0 Å². The van der Waals surface area contributed by atoms with E-state index in [1.807, 2.05) is 0 Å². The number of ether oxygens (including phenoxy) is 2. The third kappa shape index (κ3) is 1.74. The first-order chi connectivity index (χ1) is 11.6. The molecule has 5 aliphatic carbocycles. The number of aliphatic hydroxyl groups is 1. The minimum absolute atomic E-state index is 0.0197. The number of hydrogen-bond donors (Lipinski definition) is 1. The Bertz CT molecular complexity index is 592. The minimum Gasteiger partial charge on any atom is -0.392 e. The molecular formula is C21H30O3. The van der Waals surface area contributed by atoms with E-state index in [0.29, 0.717) is 5.92 Å². The van der Waals surface area contributed by atoms with Crippen LogP contribution in [0.1, 0.15) is 51.9 Å². The molecule has 0 aromatic heterocycles. The Kier molecular flexibility index (Phi) is 2.87. The van der Waals surface area contributed by atoms with Gasteiger partial charge in [0.05, 0.1) is 19.3 Å². The van der Waals surface area contributed by atoms with Crippen LogP contribution in [-0.4, -0.2) is 30.2 Å². The summed E-state index contributed by atoms with van der Waals surface area (Å²) in [6.07, 6.45) is 11.0. The standard InChI is InChI=1S/C21H30O3/c1-20-6-4-14-13-5-7-21(23-8-9-24-21)11-12(13)2-3-15(14)18(20)16-10-17(16)19(20)22/h2,13-19,22H,3-11H2,1H3/t13-,14+,15+,16-,17+,18+,19+,20-/m0/s1. The maximum Gasteiger partial charge on any atom is 0.172 e. The Morgan fingerprint density at radius 3 is 2.71 bits per heavy atom. The van der Waals surface area contributed by atoms with Crippen molar-refractivity contribution >= 4 is 0 Å². The Balaban J connectivity index is 1.31. The van der Waals surface area contributed by atoms with Crippen molar-refractivity contribution in [1.82, 2.24) is 0 Å². The Morgan fingerprint density at radius 2 is 1.88 bits per heavy atom. The molecule has 0 radical (unpaired) electrons. The van der Waals surface area contributed by atoms with Gasteiger partial charge in [0.2, 0.25) is 0 Å². The summed E-state index contributed by atoms with van der Waals surface area (Å²) in [5.41, 5.74) is 1.85. The van der Waals surface area contributed by atoms with Gasteiger partial charge in [-0.25, -0.2) is 0 Å². The number of aliphatic hydroxyl groups excluding tert-OH is 1. The predicted molar refractivity (Wildman–Crippen MR) is 90.1 cm³/mol. The first kappa shape index (κ1) is 14.8. The zero-order chi connectivity index (χ0) is 16.1. The second kappa shape index (κ2) is 4.66. The SMILES string of the molecule is C[C@]12CC[C@H]3[C@@H](CC=C4CC5(CC[C@@H]43)OCCO5)[C@@H]1[C@H]1C[C@H]1[C@H]2O. The summed E-state index contributed by atoms with van der Waals surface area (Å²) >= 11 is 0. The predicted octanol–water partition coefficient (Wildman–Crippen LogP) is 3.52. The van der Waals surface area contributed by atoms with Gasteiger partial charge in [0.1, 0.15) is 0 Å². The lowest BCUT2D eigenvalue weighted by Gasteiger charge is -2.55. The second-order valence-corrected chi connectivity index (χ2v) is 9.85. The molecule has 1 spiro atoms. The van der Waals surface area contributed by atoms with Crippen LogP contribution < -0.4 is 0 Å². The lowest BCUT2D eigenvalue weighted by Crippen LogP contribution is -2.50. The normalized spacial score (nSPS) is 56.9. The molecule has 0 unspecified atom stereocenters. The molecule has 4 saturated carbocycles. The van der Waals surface area contributed by atoms with Crippen molar-refractivity contribution in [3.05, 3.63) is 11.6 Å². The highest BCUT2D eigenvalue weighted by Crippen LogP contribution is 2.71. The third-order valence-electron chi connectivity index (χ3n) is 8.99. The quantitative estimate of drug-likeness (QED) is 0.691. The van der Waals surface area contributed by atoms with Gasteiger partial charge in [-0.3, -0.25) is 0 Å². The van der Waals surface area contributed by atoms with Crippen molar-refractivity contribution in [3.8, 4) is 0 Å². The highest BCUT2D eigenvalue weighted by Gasteiger charge is 2.69. The summed E-state index contributed by atoms with van der Waals surface area (Å²) in [7, 11) is 0. The molecular weight excluding hydrogens is 300 g/mol. The molecule has 132 valence electrons. The molecule has 1 N–H and O–H groups in total. The van der Waals surface area contributed by atoms with Gasteiger partial charge in [0, 0.05) is 12.8 Å². The first-order valence-corrected chi connectivity index (χ1v) is 10.3. The number of fused-ring (bicyclic) bond motifs is 7. The van der Waals surface area contributed by atoms with E-state index in [0.717, 1.165) is 55.6 Å². The van der Waals surface area contributed by atoms with Crippen molar-refractivity contribution in [2.24, 2.45) is 40.9 Å². The van der Waals surface area contributed by atoms with Gasteiger partial charge in [0.25, 0.3) is 0 Å². The Labute approximate surface area is 144 Å². The van der Waals surface area contributed by atoms with Crippen molar-refractivity contribution < 1.29 is 14.6 Å². The lowest BCUT2D eigenvalue weighted by molar-refractivity contribution is -0.177. The smallest absolute Gasteiger partial charge is 0.172 e. The fraction of sp³-hybridized carbons (Fsp3) is 0.905. The van der Waals surface area contributed by atoms with Crippen molar-refractivity contribution in [3.63, 3.8) is 0 Å². The fourth-order valence-electron chi connectivity index (χ4n) is 7.92. The molecule has 3 nitrogen and oxygen atoms in total. The average Bonchev–Trinajstić information content (AvgIpc) is 3.18. The second-order valence-electron chi connectivity index (χ2n) is 9.85. The summed E-state index contributed by atoms with van der Waals surface area (Å²) in [6, 6.07) is 0. The monoisotopic (exact) mass is 330 g/mol. The Hall–Kier alpha value is -0.380. The van der Waals surface area contributed by atoms with Crippen LogP contribution in [0.15, 0.2) is 11.6 Å². The maximum atomic E-state index is 10.8. The molecule has 1 heterocycles. The van der Waals surface area contributed by atoms with E-state index in [-0.39, 0.29) is 17.3 Å². The molecule has 0 aromatic carbocycles. The molecule has 5 fully saturated rings. The van der Waals surface area contributed by atoms with Crippen LogP contribution in [0.25, 0.3) is 0 Å². The molecule has 0 amide bonds. The largest absolute Gasteiger partial charge is 0.392 e. The van der Waals surface area contributed by atoms with E-state index in [1.165, 1.54) is 32.1 Å². The van der Waals surface area contributed by atoms with E-state index >= 15 is 0 Å². The van der Waals surface area contributed by atoms with Gasteiger partial charge in [-0.05, 0) is 73.0 Å². The summed E-state index contributed by atoms with van der Waals surface area (Å²) in [5, 5.41) is 10.8. The van der Waals surface area contributed by atoms with E-state index in [2.05, 4.69) is 13.0 Å². The number of hydrogen-bond acceptors (Lipinski definition) is 3. The maximum absolute atomic E-state index is 10.8. The minimum atomic E-state index is -0.274. The van der Waals surface area contributed by atoms with Crippen molar-refractivity contribution in [1.29, 1.82) is 0 Å². The number of rotatable bonds is 0. The van der Waals surface area contributed by atoms with E-state index < -0.39 is 0 Å². The van der Waals surface area contributed by atoms with Gasteiger partial charge in [-0.1, -0.05) is 18.6 Å². The molecule has 24 heavy (non-hydrogen) atoms. The van der Waals surface area contributed by atoms with E-state index in [9.17, 15) is 5.11 Å². The molecule has 1 saturated heterocycles. The molecule has 1 aliphatic heterocycles. The van der Waals surface area contributed by atoms with Gasteiger partial charge in [0.15, 0.2) is 5.79 Å². The summed E-state index contributed by atoms with van der Waals surface area (Å²) in [6.45, 7) is 3.94. The molecule has 3 heteroatoms. The topological polar surface area (TPSA) is 38.7 Å². The van der Waals surface area contributed by atoms with E-state index in [1.54, 1.807) is 5.57 Å². The van der Waals surface area contributed by atoms with Crippen molar-refractivity contribution in [2.45, 2.75) is 63.8 Å². The van der Waals surface area contributed by atoms with Crippen LogP contribution >= 0.6 is 0 Å². The average molecular weight is 330 g/mol. The first-order valence-electron chi connectivity index (χ1n) is 10.3.